The van der Waals surface area contributed by atoms with Crippen molar-refractivity contribution >= 4 is 18.1 Å². The molecule has 0 radical (unpaired) electrons. The van der Waals surface area contributed by atoms with Crippen LogP contribution in [-0.2, 0) is 9.59 Å². The Morgan fingerprint density at radius 1 is 1.32 bits per heavy atom. The number of carbonyl (C=O) groups is 2. The van der Waals surface area contributed by atoms with Crippen LogP contribution >= 0.6 is 0 Å². The highest BCUT2D eigenvalue weighted by molar-refractivity contribution is 5.83. The minimum atomic E-state index is -2.04. The smallest absolute Gasteiger partial charge is 0.337 e. The standard InChI is InChI=1S/C21H35N3O4/c1-13(2)10-18(22)21(28,20(26)27)12-17-11-16(8-9-23-17)24-19(25)15-6-4-14(3)5-7-15/h8-9,13-15,17-18,28H,4-7,10-12,22H2,1-3H3,(H,24,25)(H,26,27)/t14-,15-,17?,18-,21+/m0/s1. The van der Waals surface area contributed by atoms with Crippen molar-refractivity contribution in [3.63, 3.8) is 0 Å². The van der Waals surface area contributed by atoms with Gasteiger partial charge < -0.3 is 21.3 Å². The van der Waals surface area contributed by atoms with Crippen LogP contribution in [-0.4, -0.2) is 46.0 Å². The Bertz CT molecular complexity index is 623. The second-order valence-electron chi connectivity index (χ2n) is 8.96. The lowest BCUT2D eigenvalue weighted by molar-refractivity contribution is -0.162. The van der Waals surface area contributed by atoms with Crippen LogP contribution in [0.1, 0.15) is 65.7 Å². The molecular weight excluding hydrogens is 358 g/mol. The molecule has 158 valence electrons. The zero-order chi connectivity index (χ0) is 20.9. The molecule has 0 aromatic heterocycles. The van der Waals surface area contributed by atoms with Gasteiger partial charge in [-0.25, -0.2) is 4.79 Å². The van der Waals surface area contributed by atoms with E-state index in [-0.39, 0.29) is 24.2 Å². The molecular formula is C21H35N3O4. The summed E-state index contributed by atoms with van der Waals surface area (Å²) >= 11 is 0. The number of nitrogens with one attached hydrogen (secondary N) is 1. The van der Waals surface area contributed by atoms with E-state index in [1.165, 1.54) is 0 Å². The van der Waals surface area contributed by atoms with Gasteiger partial charge in [-0.3, -0.25) is 9.79 Å². The van der Waals surface area contributed by atoms with Crippen molar-refractivity contribution in [3.8, 4) is 0 Å². The topological polar surface area (TPSA) is 125 Å². The van der Waals surface area contributed by atoms with Crippen molar-refractivity contribution in [1.29, 1.82) is 0 Å². The summed E-state index contributed by atoms with van der Waals surface area (Å²) in [7, 11) is 0. The summed E-state index contributed by atoms with van der Waals surface area (Å²) in [6, 6.07) is -1.32. The van der Waals surface area contributed by atoms with E-state index in [0.717, 1.165) is 25.7 Å². The average Bonchev–Trinajstić information content (AvgIpc) is 2.61. The molecule has 0 aromatic rings. The summed E-state index contributed by atoms with van der Waals surface area (Å²) in [5.74, 6) is -0.420. The van der Waals surface area contributed by atoms with Crippen molar-refractivity contribution < 1.29 is 19.8 Å². The summed E-state index contributed by atoms with van der Waals surface area (Å²) in [6.45, 7) is 6.08. The molecule has 5 N–H and O–H groups in total. The van der Waals surface area contributed by atoms with Gasteiger partial charge in [0.1, 0.15) is 0 Å². The molecule has 1 unspecified atom stereocenters. The van der Waals surface area contributed by atoms with Crippen LogP contribution in [0.25, 0.3) is 0 Å². The fourth-order valence-electron chi connectivity index (χ4n) is 4.09. The van der Waals surface area contributed by atoms with Crippen LogP contribution in [0.4, 0.5) is 0 Å². The number of carboxylic acid groups (broad SMARTS) is 1. The number of nitrogens with zero attached hydrogens (tertiary/aromatic N) is 1. The van der Waals surface area contributed by atoms with Crippen LogP contribution in [0.2, 0.25) is 0 Å². The average molecular weight is 394 g/mol. The molecule has 1 heterocycles. The maximum Gasteiger partial charge on any atom is 0.337 e. The van der Waals surface area contributed by atoms with Crippen LogP contribution in [0, 0.1) is 17.8 Å². The molecule has 1 aliphatic heterocycles. The van der Waals surface area contributed by atoms with Crippen molar-refractivity contribution in [3.05, 3.63) is 11.8 Å². The summed E-state index contributed by atoms with van der Waals surface area (Å²) in [6.07, 6.45) is 7.97. The molecule has 28 heavy (non-hydrogen) atoms. The second kappa shape index (κ2) is 9.65. The van der Waals surface area contributed by atoms with Crippen molar-refractivity contribution in [2.45, 2.75) is 83.4 Å². The van der Waals surface area contributed by atoms with Gasteiger partial charge in [-0.05, 0) is 50.0 Å². The molecule has 0 aromatic carbocycles. The third-order valence-corrected chi connectivity index (χ3v) is 5.95. The number of aliphatic hydroxyl groups is 1. The van der Waals surface area contributed by atoms with E-state index >= 15 is 0 Å². The Hall–Kier alpha value is -1.73. The summed E-state index contributed by atoms with van der Waals surface area (Å²) in [5, 5.41) is 23.3. The SMILES string of the molecule is CC(C)C[C@H](N)[C@](O)(CC1CC(NC(=O)[C@H]2CC[C@H](C)CC2)=CC=N1)C(=O)O. The van der Waals surface area contributed by atoms with E-state index in [9.17, 15) is 19.8 Å². The van der Waals surface area contributed by atoms with Gasteiger partial charge in [0, 0.05) is 36.7 Å². The van der Waals surface area contributed by atoms with Crippen molar-refractivity contribution in [2.75, 3.05) is 0 Å². The molecule has 0 spiro atoms. The van der Waals surface area contributed by atoms with Gasteiger partial charge in [0.2, 0.25) is 5.91 Å². The van der Waals surface area contributed by atoms with E-state index < -0.39 is 23.7 Å². The van der Waals surface area contributed by atoms with E-state index in [0.29, 0.717) is 24.5 Å². The highest BCUT2D eigenvalue weighted by atomic mass is 16.4. The second-order valence-corrected chi connectivity index (χ2v) is 8.96. The fourth-order valence-corrected chi connectivity index (χ4v) is 4.09. The highest BCUT2D eigenvalue weighted by Gasteiger charge is 2.44. The van der Waals surface area contributed by atoms with E-state index in [2.05, 4.69) is 17.2 Å². The number of carboxylic acids is 1. The molecule has 7 heteroatoms. The maximum absolute atomic E-state index is 12.5. The molecule has 2 rings (SSSR count). The number of aliphatic imine (C=N–C) groups is 1. The van der Waals surface area contributed by atoms with Crippen LogP contribution < -0.4 is 11.1 Å². The Morgan fingerprint density at radius 3 is 2.54 bits per heavy atom. The minimum absolute atomic E-state index is 0.0252. The van der Waals surface area contributed by atoms with Gasteiger partial charge in [-0.15, -0.1) is 0 Å². The number of hydrogen-bond acceptors (Lipinski definition) is 5. The Balaban J connectivity index is 1.96. The number of rotatable bonds is 8. The third-order valence-electron chi connectivity index (χ3n) is 5.95. The normalized spacial score (nSPS) is 28.4. The number of aliphatic carboxylic acids is 1. The number of amides is 1. The summed E-state index contributed by atoms with van der Waals surface area (Å²) in [5.41, 5.74) is 4.70. The number of hydrogen-bond donors (Lipinski definition) is 4. The van der Waals surface area contributed by atoms with Crippen molar-refractivity contribution in [1.82, 2.24) is 5.32 Å². The van der Waals surface area contributed by atoms with Crippen LogP contribution in [0.3, 0.4) is 0 Å². The van der Waals surface area contributed by atoms with Crippen LogP contribution in [0.5, 0.6) is 0 Å². The number of dihydropyridines is 1. The first-order valence-electron chi connectivity index (χ1n) is 10.4. The van der Waals surface area contributed by atoms with Gasteiger partial charge >= 0.3 is 5.97 Å². The first-order valence-corrected chi connectivity index (χ1v) is 10.4. The quantitative estimate of drug-likeness (QED) is 0.503. The van der Waals surface area contributed by atoms with Gasteiger partial charge in [0.25, 0.3) is 0 Å². The van der Waals surface area contributed by atoms with E-state index in [1.54, 1.807) is 12.3 Å². The largest absolute Gasteiger partial charge is 0.479 e. The molecule has 3 atom stereocenters. The molecule has 2 aliphatic rings. The van der Waals surface area contributed by atoms with Gasteiger partial charge in [0.15, 0.2) is 5.60 Å². The Labute approximate surface area is 167 Å². The minimum Gasteiger partial charge on any atom is -0.479 e. The lowest BCUT2D eigenvalue weighted by Gasteiger charge is -2.34. The van der Waals surface area contributed by atoms with Crippen LogP contribution in [0.15, 0.2) is 16.8 Å². The maximum atomic E-state index is 12.5. The van der Waals surface area contributed by atoms with E-state index in [4.69, 9.17) is 5.73 Å². The monoisotopic (exact) mass is 393 g/mol. The molecule has 7 nitrogen and oxygen atoms in total. The number of carbonyl (C=O) groups excluding carboxylic acids is 1. The Morgan fingerprint density at radius 2 is 1.96 bits per heavy atom. The molecule has 1 aliphatic carbocycles. The fraction of sp³-hybridized carbons (Fsp3) is 0.762. The first kappa shape index (κ1) is 22.6. The zero-order valence-corrected chi connectivity index (χ0v) is 17.2. The molecule has 0 bridgehead atoms. The Kier molecular flexibility index (Phi) is 7.78. The van der Waals surface area contributed by atoms with Gasteiger partial charge in [-0.1, -0.05) is 20.8 Å². The molecule has 1 amide bonds. The first-order chi connectivity index (χ1) is 13.1. The van der Waals surface area contributed by atoms with Gasteiger partial charge in [-0.2, -0.15) is 0 Å². The van der Waals surface area contributed by atoms with Crippen molar-refractivity contribution in [2.24, 2.45) is 28.5 Å². The predicted octanol–water partition coefficient (Wildman–Crippen LogP) is 2.24. The van der Waals surface area contributed by atoms with E-state index in [1.807, 2.05) is 13.8 Å². The number of allylic oxidation sites excluding steroid dienone is 1. The zero-order valence-electron chi connectivity index (χ0n) is 17.2. The lowest BCUT2D eigenvalue weighted by atomic mass is 9.82. The predicted molar refractivity (Wildman–Crippen MR) is 109 cm³/mol. The summed E-state index contributed by atoms with van der Waals surface area (Å²) in [4.78, 5) is 28.6. The molecule has 1 saturated carbocycles. The summed E-state index contributed by atoms with van der Waals surface area (Å²) < 4.78 is 0. The van der Waals surface area contributed by atoms with Gasteiger partial charge in [0.05, 0.1) is 6.04 Å². The highest BCUT2D eigenvalue weighted by Crippen LogP contribution is 2.30. The molecule has 1 fully saturated rings. The lowest BCUT2D eigenvalue weighted by Crippen LogP contribution is -2.56. The number of nitrogens with two attached hydrogens (primary N) is 1. The third kappa shape index (κ3) is 5.88. The molecule has 0 saturated heterocycles.